The Morgan fingerprint density at radius 2 is 1.92 bits per heavy atom. The van der Waals surface area contributed by atoms with E-state index in [-0.39, 0.29) is 0 Å². The van der Waals surface area contributed by atoms with Crippen LogP contribution in [0.1, 0.15) is 30.7 Å². The Kier molecular flexibility index (Phi) is 2.10. The molecule has 1 nitrogen and oxygen atoms in total. The summed E-state index contributed by atoms with van der Waals surface area (Å²) in [6, 6.07) is 2.30. The SMILES string of the molecule is Cc1cnc2c(c1)CC(C)C(C)C2. The maximum absolute atomic E-state index is 4.50. The molecule has 1 aromatic heterocycles. The van der Waals surface area contributed by atoms with Gasteiger partial charge in [0.25, 0.3) is 0 Å². The van der Waals surface area contributed by atoms with Crippen molar-refractivity contribution < 1.29 is 0 Å². The highest BCUT2D eigenvalue weighted by molar-refractivity contribution is 5.27. The van der Waals surface area contributed by atoms with Gasteiger partial charge in [-0.05, 0) is 42.7 Å². The maximum Gasteiger partial charge on any atom is 0.0438 e. The Hall–Kier alpha value is -0.850. The third-order valence-electron chi connectivity index (χ3n) is 3.23. The van der Waals surface area contributed by atoms with Crippen LogP contribution in [0.15, 0.2) is 12.3 Å². The molecule has 1 aliphatic carbocycles. The van der Waals surface area contributed by atoms with Gasteiger partial charge in [0, 0.05) is 11.9 Å². The first-order valence-corrected chi connectivity index (χ1v) is 5.11. The number of rotatable bonds is 0. The van der Waals surface area contributed by atoms with Crippen molar-refractivity contribution in [3.8, 4) is 0 Å². The number of nitrogens with zero attached hydrogens (tertiary/aromatic N) is 1. The smallest absolute Gasteiger partial charge is 0.0438 e. The predicted octanol–water partition coefficient (Wildman–Crippen LogP) is 2.76. The van der Waals surface area contributed by atoms with Crippen LogP contribution in [0.4, 0.5) is 0 Å². The third kappa shape index (κ3) is 1.60. The van der Waals surface area contributed by atoms with Crippen molar-refractivity contribution in [1.82, 2.24) is 4.98 Å². The van der Waals surface area contributed by atoms with Crippen molar-refractivity contribution >= 4 is 0 Å². The number of fused-ring (bicyclic) bond motifs is 1. The normalized spacial score (nSPS) is 27.0. The first-order chi connectivity index (χ1) is 6.16. The van der Waals surface area contributed by atoms with Crippen molar-refractivity contribution in [2.45, 2.75) is 33.6 Å². The Morgan fingerprint density at radius 1 is 1.23 bits per heavy atom. The molecule has 0 aliphatic heterocycles. The lowest BCUT2D eigenvalue weighted by Crippen LogP contribution is -2.21. The Balaban J connectivity index is 2.37. The molecule has 2 unspecified atom stereocenters. The summed E-state index contributed by atoms with van der Waals surface area (Å²) in [7, 11) is 0. The summed E-state index contributed by atoms with van der Waals surface area (Å²) in [6.07, 6.45) is 4.36. The van der Waals surface area contributed by atoms with Crippen LogP contribution in [0.2, 0.25) is 0 Å². The summed E-state index contributed by atoms with van der Waals surface area (Å²) in [6.45, 7) is 6.79. The van der Waals surface area contributed by atoms with Crippen molar-refractivity contribution in [1.29, 1.82) is 0 Å². The number of hydrogen-bond acceptors (Lipinski definition) is 1. The lowest BCUT2D eigenvalue weighted by Gasteiger charge is -2.27. The van der Waals surface area contributed by atoms with Crippen molar-refractivity contribution in [2.75, 3.05) is 0 Å². The molecule has 1 aromatic rings. The van der Waals surface area contributed by atoms with Gasteiger partial charge in [-0.1, -0.05) is 19.9 Å². The lowest BCUT2D eigenvalue weighted by atomic mass is 9.80. The number of aromatic nitrogens is 1. The van der Waals surface area contributed by atoms with Crippen molar-refractivity contribution in [3.63, 3.8) is 0 Å². The predicted molar refractivity (Wildman–Crippen MR) is 54.7 cm³/mol. The fourth-order valence-corrected chi connectivity index (χ4v) is 2.07. The van der Waals surface area contributed by atoms with Gasteiger partial charge in [0.1, 0.15) is 0 Å². The molecule has 13 heavy (non-hydrogen) atoms. The molecule has 1 aliphatic rings. The topological polar surface area (TPSA) is 12.9 Å². The van der Waals surface area contributed by atoms with Crippen LogP contribution in [0.5, 0.6) is 0 Å². The molecule has 0 bridgehead atoms. The highest BCUT2D eigenvalue weighted by Gasteiger charge is 2.22. The average Bonchev–Trinajstić information content (AvgIpc) is 2.08. The zero-order chi connectivity index (χ0) is 9.42. The van der Waals surface area contributed by atoms with Gasteiger partial charge >= 0.3 is 0 Å². The van der Waals surface area contributed by atoms with E-state index in [1.165, 1.54) is 23.2 Å². The third-order valence-corrected chi connectivity index (χ3v) is 3.23. The summed E-state index contributed by atoms with van der Waals surface area (Å²) in [5.74, 6) is 1.61. The second-order valence-electron chi connectivity index (χ2n) is 4.48. The Morgan fingerprint density at radius 3 is 2.69 bits per heavy atom. The average molecular weight is 175 g/mol. The molecule has 0 radical (unpaired) electrons. The Bertz CT molecular complexity index is 317. The monoisotopic (exact) mass is 175 g/mol. The van der Waals surface area contributed by atoms with E-state index in [1.807, 2.05) is 6.20 Å². The van der Waals surface area contributed by atoms with E-state index in [9.17, 15) is 0 Å². The largest absolute Gasteiger partial charge is 0.261 e. The summed E-state index contributed by atoms with van der Waals surface area (Å²) in [5, 5.41) is 0. The van der Waals surface area contributed by atoms with E-state index in [0.717, 1.165) is 18.3 Å². The van der Waals surface area contributed by atoms with Crippen LogP contribution < -0.4 is 0 Å². The van der Waals surface area contributed by atoms with Crippen LogP contribution in [0, 0.1) is 18.8 Å². The minimum absolute atomic E-state index is 0.794. The second kappa shape index (κ2) is 3.13. The van der Waals surface area contributed by atoms with Crippen LogP contribution in [0.25, 0.3) is 0 Å². The van der Waals surface area contributed by atoms with Gasteiger partial charge in [-0.15, -0.1) is 0 Å². The van der Waals surface area contributed by atoms with E-state index < -0.39 is 0 Å². The van der Waals surface area contributed by atoms with E-state index >= 15 is 0 Å². The number of hydrogen-bond donors (Lipinski definition) is 0. The minimum Gasteiger partial charge on any atom is -0.261 e. The van der Waals surface area contributed by atoms with Crippen LogP contribution in [-0.4, -0.2) is 4.98 Å². The molecule has 1 heterocycles. The quantitative estimate of drug-likeness (QED) is 0.591. The standard InChI is InChI=1S/C12H17N/c1-8-4-11-5-9(2)10(3)6-12(11)13-7-8/h4,7,9-10H,5-6H2,1-3H3. The van der Waals surface area contributed by atoms with Gasteiger partial charge in [-0.2, -0.15) is 0 Å². The number of aryl methyl sites for hydroxylation is 1. The molecule has 0 saturated heterocycles. The first-order valence-electron chi connectivity index (χ1n) is 5.11. The summed E-state index contributed by atoms with van der Waals surface area (Å²) >= 11 is 0. The van der Waals surface area contributed by atoms with Crippen molar-refractivity contribution in [2.24, 2.45) is 11.8 Å². The molecular formula is C12H17N. The molecule has 2 rings (SSSR count). The highest BCUT2D eigenvalue weighted by atomic mass is 14.7. The van der Waals surface area contributed by atoms with Gasteiger partial charge in [-0.3, -0.25) is 4.98 Å². The van der Waals surface area contributed by atoms with E-state index in [1.54, 1.807) is 0 Å². The number of pyridine rings is 1. The molecule has 0 saturated carbocycles. The molecule has 0 amide bonds. The molecule has 1 heteroatoms. The van der Waals surface area contributed by atoms with Gasteiger partial charge in [-0.25, -0.2) is 0 Å². The molecule has 0 N–H and O–H groups in total. The maximum atomic E-state index is 4.50. The molecule has 70 valence electrons. The van der Waals surface area contributed by atoms with Gasteiger partial charge in [0.05, 0.1) is 0 Å². The second-order valence-corrected chi connectivity index (χ2v) is 4.48. The molecular weight excluding hydrogens is 158 g/mol. The molecule has 0 aromatic carbocycles. The summed E-state index contributed by atoms with van der Waals surface area (Å²) in [5.41, 5.74) is 4.10. The summed E-state index contributed by atoms with van der Waals surface area (Å²) < 4.78 is 0. The molecule has 0 fully saturated rings. The van der Waals surface area contributed by atoms with Gasteiger partial charge in [0.2, 0.25) is 0 Å². The van der Waals surface area contributed by atoms with E-state index in [0.29, 0.717) is 0 Å². The lowest BCUT2D eigenvalue weighted by molar-refractivity contribution is 0.356. The zero-order valence-electron chi connectivity index (χ0n) is 8.67. The van der Waals surface area contributed by atoms with Gasteiger partial charge in [0.15, 0.2) is 0 Å². The fourth-order valence-electron chi connectivity index (χ4n) is 2.07. The zero-order valence-corrected chi connectivity index (χ0v) is 8.67. The molecule has 0 spiro atoms. The van der Waals surface area contributed by atoms with Crippen LogP contribution in [-0.2, 0) is 12.8 Å². The fraction of sp³-hybridized carbons (Fsp3) is 0.583. The van der Waals surface area contributed by atoms with Crippen LogP contribution >= 0.6 is 0 Å². The van der Waals surface area contributed by atoms with E-state index in [2.05, 4.69) is 31.8 Å². The summed E-state index contributed by atoms with van der Waals surface area (Å²) in [4.78, 5) is 4.50. The van der Waals surface area contributed by atoms with Crippen LogP contribution in [0.3, 0.4) is 0 Å². The minimum atomic E-state index is 0.794. The molecule has 2 atom stereocenters. The highest BCUT2D eigenvalue weighted by Crippen LogP contribution is 2.28. The van der Waals surface area contributed by atoms with Crippen molar-refractivity contribution in [3.05, 3.63) is 29.1 Å². The Labute approximate surface area is 80.2 Å². The van der Waals surface area contributed by atoms with E-state index in [4.69, 9.17) is 0 Å². The first kappa shape index (κ1) is 8.74. The van der Waals surface area contributed by atoms with Gasteiger partial charge < -0.3 is 0 Å².